The van der Waals surface area contributed by atoms with Gasteiger partial charge in [0.1, 0.15) is 18.0 Å². The van der Waals surface area contributed by atoms with E-state index >= 15 is 0 Å². The molecule has 26 heavy (non-hydrogen) atoms. The van der Waals surface area contributed by atoms with Crippen LogP contribution in [0.2, 0.25) is 0 Å². The lowest BCUT2D eigenvalue weighted by atomic mass is 10.1. The minimum Gasteiger partial charge on any atom is -0.497 e. The molecule has 1 heterocycles. The van der Waals surface area contributed by atoms with Crippen molar-refractivity contribution in [2.45, 2.75) is 12.7 Å². The summed E-state index contributed by atoms with van der Waals surface area (Å²) in [4.78, 5) is 23.8. The van der Waals surface area contributed by atoms with Crippen LogP contribution < -0.4 is 9.47 Å². The predicted molar refractivity (Wildman–Crippen MR) is 82.1 cm³/mol. The fourth-order valence-electron chi connectivity index (χ4n) is 2.03. The fourth-order valence-corrected chi connectivity index (χ4v) is 2.03. The molecule has 0 amide bonds. The molecule has 0 N–H and O–H groups in total. The molecule has 0 spiro atoms. The number of hydrogen-bond donors (Lipinski definition) is 0. The van der Waals surface area contributed by atoms with Crippen LogP contribution in [0.5, 0.6) is 11.5 Å². The average molecular weight is 372 g/mol. The zero-order valence-corrected chi connectivity index (χ0v) is 13.9. The summed E-state index contributed by atoms with van der Waals surface area (Å²) >= 11 is 0. The van der Waals surface area contributed by atoms with Gasteiger partial charge in [0.05, 0.1) is 19.8 Å². The Morgan fingerprint density at radius 2 is 1.88 bits per heavy atom. The Labute approximate surface area is 146 Å². The van der Waals surface area contributed by atoms with E-state index in [9.17, 15) is 22.8 Å². The molecule has 1 aromatic heterocycles. The van der Waals surface area contributed by atoms with Crippen LogP contribution >= 0.6 is 0 Å². The molecule has 0 saturated heterocycles. The number of carbonyl (C=O) groups is 2. The molecule has 0 aliphatic rings. The highest BCUT2D eigenvalue weighted by atomic mass is 19.4. The second-order valence-corrected chi connectivity index (χ2v) is 5.05. The van der Waals surface area contributed by atoms with Gasteiger partial charge in [-0.1, -0.05) is 0 Å². The van der Waals surface area contributed by atoms with E-state index in [0.717, 1.165) is 16.9 Å². The van der Waals surface area contributed by atoms with E-state index in [4.69, 9.17) is 14.2 Å². The third-order valence-corrected chi connectivity index (χ3v) is 3.30. The molecular weight excluding hydrogens is 357 g/mol. The van der Waals surface area contributed by atoms with Crippen LogP contribution in [0.3, 0.4) is 0 Å². The molecule has 0 atom stereocenters. The van der Waals surface area contributed by atoms with Gasteiger partial charge in [0, 0.05) is 12.3 Å². The van der Waals surface area contributed by atoms with Gasteiger partial charge in [0.25, 0.3) is 0 Å². The smallest absolute Gasteiger partial charge is 0.435 e. The van der Waals surface area contributed by atoms with Crippen LogP contribution in [0.15, 0.2) is 30.5 Å². The zero-order valence-electron chi connectivity index (χ0n) is 13.9. The normalized spacial score (nSPS) is 11.1. The van der Waals surface area contributed by atoms with E-state index in [-0.39, 0.29) is 11.3 Å². The van der Waals surface area contributed by atoms with Gasteiger partial charge in [-0.15, -0.1) is 0 Å². The average Bonchev–Trinajstić information content (AvgIpc) is 3.07. The highest BCUT2D eigenvalue weighted by molar-refractivity contribution is 6.00. The summed E-state index contributed by atoms with van der Waals surface area (Å²) < 4.78 is 53.0. The third kappa shape index (κ3) is 4.74. The predicted octanol–water partition coefficient (Wildman–Crippen LogP) is 2.35. The first kappa shape index (κ1) is 19.3. The molecule has 0 bridgehead atoms. The van der Waals surface area contributed by atoms with Crippen LogP contribution in [0.4, 0.5) is 13.2 Å². The Morgan fingerprint density at radius 1 is 1.15 bits per heavy atom. The topological polar surface area (TPSA) is 79.7 Å². The number of hydrogen-bond acceptors (Lipinski definition) is 6. The molecule has 10 heteroatoms. The first-order chi connectivity index (χ1) is 12.2. The fraction of sp³-hybridized carbons (Fsp3) is 0.312. The molecule has 0 radical (unpaired) electrons. The summed E-state index contributed by atoms with van der Waals surface area (Å²) in [5.41, 5.74) is -0.941. The lowest BCUT2D eigenvalue weighted by molar-refractivity contribution is -0.145. The Kier molecular flexibility index (Phi) is 5.86. The van der Waals surface area contributed by atoms with Crippen molar-refractivity contribution in [3.05, 3.63) is 41.7 Å². The Hall–Kier alpha value is -3.04. The van der Waals surface area contributed by atoms with Gasteiger partial charge >= 0.3 is 12.1 Å². The van der Waals surface area contributed by atoms with E-state index in [1.165, 1.54) is 26.4 Å². The molecule has 0 aliphatic carbocycles. The minimum atomic E-state index is -4.60. The Balaban J connectivity index is 1.95. The van der Waals surface area contributed by atoms with Gasteiger partial charge in [0.15, 0.2) is 12.3 Å². The third-order valence-electron chi connectivity index (χ3n) is 3.30. The number of benzene rings is 1. The van der Waals surface area contributed by atoms with E-state index in [1.54, 1.807) is 6.07 Å². The number of rotatable bonds is 7. The number of methoxy groups -OCH3 is 2. The van der Waals surface area contributed by atoms with Gasteiger partial charge in [-0.05, 0) is 18.2 Å². The van der Waals surface area contributed by atoms with Crippen molar-refractivity contribution >= 4 is 11.8 Å². The summed E-state index contributed by atoms with van der Waals surface area (Å²) in [6.45, 7) is -1.14. The lowest BCUT2D eigenvalue weighted by Gasteiger charge is -2.10. The quantitative estimate of drug-likeness (QED) is 0.548. The van der Waals surface area contributed by atoms with E-state index in [1.807, 2.05) is 0 Å². The molecule has 0 fully saturated rings. The molecular formula is C16H15F3N2O5. The van der Waals surface area contributed by atoms with Crippen molar-refractivity contribution in [3.8, 4) is 11.5 Å². The monoisotopic (exact) mass is 372 g/mol. The van der Waals surface area contributed by atoms with Crippen LogP contribution in [0.1, 0.15) is 16.1 Å². The lowest BCUT2D eigenvalue weighted by Crippen LogP contribution is -2.19. The molecule has 2 aromatic rings. The number of halogens is 3. The number of Topliss-reactive ketones (excluding diaryl/α,β-unsaturated/α-hetero) is 1. The van der Waals surface area contributed by atoms with Crippen LogP contribution in [0.25, 0.3) is 0 Å². The number of carbonyl (C=O) groups excluding carboxylic acids is 2. The zero-order chi connectivity index (χ0) is 19.3. The highest BCUT2D eigenvalue weighted by Crippen LogP contribution is 2.27. The second-order valence-electron chi connectivity index (χ2n) is 5.05. The van der Waals surface area contributed by atoms with Crippen molar-refractivity contribution < 1.29 is 37.0 Å². The SMILES string of the molecule is COc1ccc(C(=O)COC(=O)Cn2ccc(C(F)(F)F)n2)c(OC)c1. The number of aromatic nitrogens is 2. The van der Waals surface area contributed by atoms with E-state index in [2.05, 4.69) is 5.10 Å². The maximum absolute atomic E-state index is 12.4. The van der Waals surface area contributed by atoms with Gasteiger partial charge in [-0.2, -0.15) is 18.3 Å². The second kappa shape index (κ2) is 7.89. The van der Waals surface area contributed by atoms with E-state index < -0.39 is 36.8 Å². The number of esters is 1. The minimum absolute atomic E-state index is 0.180. The maximum Gasteiger partial charge on any atom is 0.435 e. The van der Waals surface area contributed by atoms with Gasteiger partial charge < -0.3 is 14.2 Å². The molecule has 0 unspecified atom stereocenters. The van der Waals surface area contributed by atoms with Crippen LogP contribution in [-0.4, -0.2) is 42.4 Å². The number of ketones is 1. The Morgan fingerprint density at radius 3 is 2.46 bits per heavy atom. The molecule has 1 aromatic carbocycles. The maximum atomic E-state index is 12.4. The first-order valence-electron chi connectivity index (χ1n) is 7.26. The van der Waals surface area contributed by atoms with Crippen LogP contribution in [0, 0.1) is 0 Å². The molecule has 0 aliphatic heterocycles. The summed E-state index contributed by atoms with van der Waals surface area (Å²) in [5, 5.41) is 3.23. The summed E-state index contributed by atoms with van der Waals surface area (Å²) in [7, 11) is 2.82. The molecule has 140 valence electrons. The van der Waals surface area contributed by atoms with E-state index in [0.29, 0.717) is 5.75 Å². The number of ether oxygens (including phenoxy) is 3. The summed E-state index contributed by atoms with van der Waals surface area (Å²) in [6, 6.07) is 5.23. The van der Waals surface area contributed by atoms with Crippen molar-refractivity contribution in [3.63, 3.8) is 0 Å². The van der Waals surface area contributed by atoms with Crippen LogP contribution in [-0.2, 0) is 22.3 Å². The van der Waals surface area contributed by atoms with Crippen molar-refractivity contribution in [1.29, 1.82) is 0 Å². The standard InChI is InChI=1S/C16H15F3N2O5/c1-24-10-3-4-11(13(7-10)25-2)12(22)9-26-15(23)8-21-6-5-14(20-21)16(17,18)19/h3-7H,8-9H2,1-2H3. The number of alkyl halides is 3. The molecule has 2 rings (SSSR count). The largest absolute Gasteiger partial charge is 0.497 e. The molecule has 7 nitrogen and oxygen atoms in total. The van der Waals surface area contributed by atoms with Gasteiger partial charge in [-0.25, -0.2) is 0 Å². The Bertz CT molecular complexity index is 801. The summed E-state index contributed by atoms with van der Waals surface area (Å²) in [5.74, 6) is -0.709. The highest BCUT2D eigenvalue weighted by Gasteiger charge is 2.33. The molecule has 0 saturated carbocycles. The summed E-state index contributed by atoms with van der Waals surface area (Å²) in [6.07, 6.45) is -3.60. The first-order valence-corrected chi connectivity index (χ1v) is 7.26. The van der Waals surface area contributed by atoms with Crippen molar-refractivity contribution in [2.75, 3.05) is 20.8 Å². The van der Waals surface area contributed by atoms with Gasteiger partial charge in [0.2, 0.25) is 5.78 Å². The van der Waals surface area contributed by atoms with Crippen molar-refractivity contribution in [2.24, 2.45) is 0 Å². The number of nitrogens with zero attached hydrogens (tertiary/aromatic N) is 2. The van der Waals surface area contributed by atoms with Gasteiger partial charge in [-0.3, -0.25) is 14.3 Å². The van der Waals surface area contributed by atoms with Crippen molar-refractivity contribution in [1.82, 2.24) is 9.78 Å².